The molecular formula is C58H98N20O24. The normalized spacial score (nSPS) is 17.7. The minimum Gasteiger partial charge on any atom is -0.477 e. The number of carboxylic acids is 2. The first-order valence-electron chi connectivity index (χ1n) is 32.5. The predicted octanol–water partition coefficient (Wildman–Crippen LogP) is -9.11. The second kappa shape index (κ2) is 48.9. The summed E-state index contributed by atoms with van der Waals surface area (Å²) in [7, 11) is 0. The number of unbranched alkanes of at least 4 members (excludes halogenated alkanes) is 9. The highest BCUT2D eigenvalue weighted by Gasteiger charge is 2.48. The van der Waals surface area contributed by atoms with Crippen molar-refractivity contribution >= 4 is 95.4 Å². The van der Waals surface area contributed by atoms with Crippen LogP contribution in [0.3, 0.4) is 0 Å². The number of aliphatic carboxylic acids is 2. The van der Waals surface area contributed by atoms with Crippen LogP contribution in [0.25, 0.3) is 0 Å². The fourth-order valence-corrected chi connectivity index (χ4v) is 9.45. The third-order valence-corrected chi connectivity index (χ3v) is 14.3. The lowest BCUT2D eigenvalue weighted by atomic mass is 9.92. The number of aliphatic hydroxyl groups is 4. The molecule has 0 saturated heterocycles. The highest BCUT2D eigenvalue weighted by atomic mass is 16.6. The summed E-state index contributed by atoms with van der Waals surface area (Å²) in [5.41, 5.74) is 22.0. The standard InChI is InChI=1S/C58H98N20O24/c1-31(81)75-45-33(77-53(59)60)21-37(51(91)92)99-49(45)47(35(83)29-79)101-57(97)67-19-13-7-3-9-15-63-39(85)23-69-41(87)25-71-43(89)27-73-55(95)65-17-11-5-6-12-18-66-56(96)74-28-44(90)72-26-42(88)70-24-40(86)64-16-10-4-8-14-20-68-58(98)102-48(36(84)30-80)50-46(76-32(2)82)34(78-54(61)62)22-38(100-50)52(93)94/h21-22,33-36,45-50,79-80,83-84H,3-20,23-30H2,1-2H3,(H,63,85)(H,64,86)(H,67,97)(H,68,98)(H,69,87)(H,70,88)(H,71,89)(H,72,90)(H,75,81)(H,76,82)(H,91,92)(H,93,94)(H4,59,60,77)(H4,61,62,78)(H2,65,73,95)(H2,66,74,96)/t33-,34-,35-,36+,45+,46+,47?,48+,49?,50?/m0/s1. The molecule has 0 fully saturated rings. The zero-order chi connectivity index (χ0) is 76.1. The van der Waals surface area contributed by atoms with E-state index in [1.807, 2.05) is 0 Å². The Morgan fingerprint density at radius 1 is 0.412 bits per heavy atom. The molecule has 0 saturated carbocycles. The Kier molecular flexibility index (Phi) is 41.9. The summed E-state index contributed by atoms with van der Waals surface area (Å²) in [6.45, 7) is -0.976. The van der Waals surface area contributed by atoms with Gasteiger partial charge in [0, 0.05) is 53.1 Å². The van der Waals surface area contributed by atoms with Crippen LogP contribution in [0.2, 0.25) is 0 Å². The summed E-state index contributed by atoms with van der Waals surface area (Å²) in [5, 5.41) is 94.2. The van der Waals surface area contributed by atoms with Crippen LogP contribution < -0.4 is 97.4 Å². The van der Waals surface area contributed by atoms with E-state index in [0.29, 0.717) is 77.0 Å². The molecule has 0 aromatic carbocycles. The molecule has 2 rings (SSSR count). The van der Waals surface area contributed by atoms with Crippen LogP contribution in [0.5, 0.6) is 0 Å². The van der Waals surface area contributed by atoms with E-state index in [9.17, 15) is 97.8 Å². The number of hydrogen-bond acceptors (Lipinski definition) is 24. The first kappa shape index (κ1) is 87.3. The van der Waals surface area contributed by atoms with Crippen LogP contribution in [0.4, 0.5) is 19.2 Å². The van der Waals surface area contributed by atoms with Crippen LogP contribution in [0.15, 0.2) is 33.7 Å². The number of carbonyl (C=O) groups is 14. The maximum Gasteiger partial charge on any atom is 0.407 e. The average Bonchev–Trinajstić information content (AvgIpc) is 0.798. The minimum atomic E-state index is -1.80. The fourth-order valence-electron chi connectivity index (χ4n) is 9.45. The third-order valence-electron chi connectivity index (χ3n) is 14.3. The van der Waals surface area contributed by atoms with Gasteiger partial charge in [-0.1, -0.05) is 38.5 Å². The van der Waals surface area contributed by atoms with Gasteiger partial charge in [-0.15, -0.1) is 0 Å². The van der Waals surface area contributed by atoms with E-state index in [4.69, 9.17) is 41.9 Å². The van der Waals surface area contributed by atoms with Gasteiger partial charge in [-0.3, -0.25) is 38.4 Å². The highest BCUT2D eigenvalue weighted by molar-refractivity contribution is 5.91. The highest BCUT2D eigenvalue weighted by Crippen LogP contribution is 2.28. The third kappa shape index (κ3) is 37.4. The number of amides is 14. The van der Waals surface area contributed by atoms with Crippen molar-refractivity contribution < 1.29 is 117 Å². The van der Waals surface area contributed by atoms with Crippen molar-refractivity contribution in [1.82, 2.24) is 74.4 Å². The van der Waals surface area contributed by atoms with Crippen molar-refractivity contribution in [3.8, 4) is 0 Å². The minimum absolute atomic E-state index is 0.0878. The van der Waals surface area contributed by atoms with E-state index in [1.54, 1.807) is 0 Å². The Bertz CT molecular complexity index is 2740. The molecule has 574 valence electrons. The molecule has 2 aliphatic heterocycles. The summed E-state index contributed by atoms with van der Waals surface area (Å²) in [6, 6.07) is -6.21. The number of guanidine groups is 2. The topological polar surface area (TPSA) is 694 Å². The Morgan fingerprint density at radius 2 is 0.676 bits per heavy atom. The molecule has 2 heterocycles. The number of nitrogens with zero attached hydrogens (tertiary/aromatic N) is 2. The van der Waals surface area contributed by atoms with Gasteiger partial charge in [-0.05, 0) is 50.7 Å². The van der Waals surface area contributed by atoms with E-state index in [0.717, 1.165) is 26.0 Å². The van der Waals surface area contributed by atoms with E-state index >= 15 is 0 Å². The second-order valence-corrected chi connectivity index (χ2v) is 22.7. The zero-order valence-corrected chi connectivity index (χ0v) is 56.5. The van der Waals surface area contributed by atoms with E-state index in [-0.39, 0.29) is 52.4 Å². The summed E-state index contributed by atoms with van der Waals surface area (Å²) < 4.78 is 21.7. The van der Waals surface area contributed by atoms with Crippen molar-refractivity contribution in [2.75, 3.05) is 91.8 Å². The van der Waals surface area contributed by atoms with Crippen molar-refractivity contribution in [1.29, 1.82) is 0 Å². The molecular weight excluding hydrogens is 1360 g/mol. The second-order valence-electron chi connectivity index (χ2n) is 22.7. The van der Waals surface area contributed by atoms with Crippen LogP contribution in [-0.4, -0.2) is 279 Å². The number of carboxylic acid groups (broad SMARTS) is 2. The molecule has 0 aliphatic carbocycles. The Labute approximate surface area is 584 Å². The Hall–Kier alpha value is -10.8. The summed E-state index contributed by atoms with van der Waals surface area (Å²) in [5.74, 6) is -10.3. The van der Waals surface area contributed by atoms with Gasteiger partial charge in [0.1, 0.15) is 12.2 Å². The van der Waals surface area contributed by atoms with E-state index < -0.39 is 207 Å². The van der Waals surface area contributed by atoms with Crippen molar-refractivity contribution in [2.24, 2.45) is 32.9 Å². The predicted molar refractivity (Wildman–Crippen MR) is 355 cm³/mol. The number of alkyl carbamates (subject to hydrolysis) is 2. The number of rotatable bonds is 47. The van der Waals surface area contributed by atoms with Gasteiger partial charge in [0.2, 0.25) is 58.8 Å². The van der Waals surface area contributed by atoms with Crippen molar-refractivity contribution in [3.63, 3.8) is 0 Å². The summed E-state index contributed by atoms with van der Waals surface area (Å²) >= 11 is 0. The molecule has 28 N–H and O–H groups in total. The van der Waals surface area contributed by atoms with E-state index in [2.05, 4.69) is 84.4 Å². The lowest BCUT2D eigenvalue weighted by Gasteiger charge is -2.39. The van der Waals surface area contributed by atoms with Crippen LogP contribution >= 0.6 is 0 Å². The van der Waals surface area contributed by atoms with Gasteiger partial charge in [0.15, 0.2) is 36.3 Å². The summed E-state index contributed by atoms with van der Waals surface area (Å²) in [6.07, 6.45) is -3.47. The summed E-state index contributed by atoms with van der Waals surface area (Å²) in [4.78, 5) is 178. The Morgan fingerprint density at radius 3 is 0.941 bits per heavy atom. The number of aliphatic imine (C=N–C) groups is 2. The fraction of sp³-hybridized carbons (Fsp3) is 0.655. The molecule has 0 bridgehead atoms. The molecule has 3 unspecified atom stereocenters. The number of nitrogens with two attached hydrogens (primary N) is 4. The van der Waals surface area contributed by atoms with Gasteiger partial charge in [-0.2, -0.15) is 0 Å². The van der Waals surface area contributed by atoms with Crippen LogP contribution in [0, 0.1) is 0 Å². The SMILES string of the molecule is CC(=O)N[C@H]1C(C(OC(=O)NCCCCCCNC(=O)CNC(=O)CNC(=O)CNC(=O)NCCCCCCNC(=O)NCC(=O)NCC(=O)NCC(=O)NCCCCCCNC(=O)O[C@@H](C2OC(C(=O)O)=C[C@H](N=C(N)N)[C@H]2NC(C)=O)[C@H](O)CO)[C@@H](O)CO)OC(C(=O)O)=C[C@@H]1N=C(N)N. The van der Waals surface area contributed by atoms with Crippen molar-refractivity contribution in [3.05, 3.63) is 23.7 Å². The molecule has 0 aromatic rings. The first-order valence-corrected chi connectivity index (χ1v) is 32.5. The molecule has 0 aromatic heterocycles. The van der Waals surface area contributed by atoms with Gasteiger partial charge in [0.25, 0.3) is 0 Å². The van der Waals surface area contributed by atoms with Crippen LogP contribution in [0.1, 0.15) is 90.9 Å². The average molecular weight is 1460 g/mol. The molecule has 102 heavy (non-hydrogen) atoms. The maximum atomic E-state index is 12.8. The molecule has 14 amide bonds. The monoisotopic (exact) mass is 1460 g/mol. The number of urea groups is 2. The largest absolute Gasteiger partial charge is 0.477 e. The molecule has 2 aliphatic rings. The molecule has 44 nitrogen and oxygen atoms in total. The number of aliphatic hydroxyl groups excluding tert-OH is 4. The van der Waals surface area contributed by atoms with Crippen molar-refractivity contribution in [2.45, 2.75) is 152 Å². The van der Waals surface area contributed by atoms with E-state index in [1.165, 1.54) is 0 Å². The zero-order valence-electron chi connectivity index (χ0n) is 56.5. The number of carbonyl (C=O) groups excluding carboxylic acids is 12. The smallest absolute Gasteiger partial charge is 0.407 e. The molecule has 44 heteroatoms. The Balaban J connectivity index is 1.47. The van der Waals surface area contributed by atoms with Gasteiger partial charge < -0.3 is 147 Å². The number of hydrogen-bond donors (Lipinski definition) is 24. The van der Waals surface area contributed by atoms with Gasteiger partial charge in [0.05, 0.1) is 76.6 Å². The maximum absolute atomic E-state index is 12.8. The van der Waals surface area contributed by atoms with Crippen LogP contribution in [-0.2, 0) is 66.9 Å². The first-order chi connectivity index (χ1) is 48.4. The number of nitrogens with one attached hydrogen (secondary N) is 14. The molecule has 10 atom stereocenters. The lowest BCUT2D eigenvalue weighted by molar-refractivity contribution is -0.147. The molecule has 0 radical (unpaired) electrons. The number of ether oxygens (including phenoxy) is 4. The van der Waals surface area contributed by atoms with Gasteiger partial charge >= 0.3 is 36.2 Å². The molecule has 0 spiro atoms. The quantitative estimate of drug-likeness (QED) is 0.0153. The lowest BCUT2D eigenvalue weighted by Crippen LogP contribution is -2.61. The van der Waals surface area contributed by atoms with Gasteiger partial charge in [-0.25, -0.2) is 38.8 Å².